The van der Waals surface area contributed by atoms with Crippen molar-refractivity contribution in [2.75, 3.05) is 38.6 Å². The number of amides is 2. The first-order valence-electron chi connectivity index (χ1n) is 8.13. The summed E-state index contributed by atoms with van der Waals surface area (Å²) in [6, 6.07) is 7.08. The van der Waals surface area contributed by atoms with E-state index < -0.39 is 0 Å². The molecule has 23 heavy (non-hydrogen) atoms. The summed E-state index contributed by atoms with van der Waals surface area (Å²) in [6.07, 6.45) is 1.49. The molecule has 0 aromatic heterocycles. The summed E-state index contributed by atoms with van der Waals surface area (Å²) in [5.74, 6) is 0.768. The number of rotatable bonds is 6. The maximum atomic E-state index is 11.8. The smallest absolute Gasteiger partial charge is 0.319 e. The molecule has 2 rings (SSSR count). The van der Waals surface area contributed by atoms with Crippen LogP contribution in [0.1, 0.15) is 20.3 Å². The molecule has 1 aromatic carbocycles. The van der Waals surface area contributed by atoms with E-state index in [9.17, 15) is 4.79 Å². The first-order chi connectivity index (χ1) is 11.1. The van der Waals surface area contributed by atoms with E-state index in [2.05, 4.69) is 29.4 Å². The first kappa shape index (κ1) is 17.6. The lowest BCUT2D eigenvalue weighted by atomic mass is 10.2. The fourth-order valence-corrected chi connectivity index (χ4v) is 2.82. The van der Waals surface area contributed by atoms with Gasteiger partial charge in [0.05, 0.1) is 19.3 Å². The normalized spacial score (nSPS) is 21.7. The van der Waals surface area contributed by atoms with Crippen molar-refractivity contribution in [2.45, 2.75) is 32.5 Å². The minimum Gasteiger partial charge on any atom is -0.497 e. The molecule has 1 saturated heterocycles. The second kappa shape index (κ2) is 8.74. The van der Waals surface area contributed by atoms with Gasteiger partial charge in [0, 0.05) is 31.9 Å². The minimum absolute atomic E-state index is 0.182. The number of nitrogens with zero attached hydrogens (tertiary/aromatic N) is 1. The summed E-state index contributed by atoms with van der Waals surface area (Å²) in [4.78, 5) is 14.2. The molecular formula is C17H27N3O3. The molecule has 2 N–H and O–H groups in total. The third kappa shape index (κ3) is 6.08. The van der Waals surface area contributed by atoms with E-state index in [0.29, 0.717) is 6.54 Å². The van der Waals surface area contributed by atoms with Crippen molar-refractivity contribution < 1.29 is 14.3 Å². The molecule has 0 radical (unpaired) electrons. The van der Waals surface area contributed by atoms with Gasteiger partial charge in [0.25, 0.3) is 0 Å². The molecule has 2 amide bonds. The Balaban J connectivity index is 1.62. The van der Waals surface area contributed by atoms with E-state index in [0.717, 1.165) is 37.5 Å². The number of anilines is 1. The number of carbonyl (C=O) groups excluding carboxylic acids is 1. The third-order valence-electron chi connectivity index (χ3n) is 3.78. The largest absolute Gasteiger partial charge is 0.497 e. The lowest BCUT2D eigenvalue weighted by Crippen LogP contribution is -2.46. The van der Waals surface area contributed by atoms with Crippen LogP contribution in [0.2, 0.25) is 0 Å². The Kier molecular flexibility index (Phi) is 6.67. The van der Waals surface area contributed by atoms with Gasteiger partial charge in [-0.3, -0.25) is 4.90 Å². The van der Waals surface area contributed by atoms with Crippen LogP contribution >= 0.6 is 0 Å². The molecule has 6 nitrogen and oxygen atoms in total. The molecule has 128 valence electrons. The molecule has 0 spiro atoms. The number of carbonyl (C=O) groups is 1. The van der Waals surface area contributed by atoms with E-state index >= 15 is 0 Å². The molecule has 0 saturated carbocycles. The summed E-state index contributed by atoms with van der Waals surface area (Å²) in [6.45, 7) is 7.75. The number of morpholine rings is 1. The van der Waals surface area contributed by atoms with Crippen LogP contribution in [-0.4, -0.2) is 56.4 Å². The van der Waals surface area contributed by atoms with E-state index in [-0.39, 0.29) is 18.2 Å². The zero-order valence-electron chi connectivity index (χ0n) is 14.2. The number of benzene rings is 1. The number of nitrogens with one attached hydrogen (secondary N) is 2. The van der Waals surface area contributed by atoms with Gasteiger partial charge in [0.1, 0.15) is 5.75 Å². The van der Waals surface area contributed by atoms with E-state index in [1.807, 2.05) is 24.3 Å². The second-order valence-electron chi connectivity index (χ2n) is 5.98. The second-order valence-corrected chi connectivity index (χ2v) is 5.98. The SMILES string of the molecule is COc1ccc(NC(=O)NCCCN2CC(C)OC(C)C2)cc1. The van der Waals surface area contributed by atoms with Gasteiger partial charge in [0.2, 0.25) is 0 Å². The third-order valence-corrected chi connectivity index (χ3v) is 3.78. The van der Waals surface area contributed by atoms with Crippen LogP contribution in [0.5, 0.6) is 5.75 Å². The Hall–Kier alpha value is -1.79. The molecule has 1 aliphatic rings. The molecule has 2 atom stereocenters. The first-order valence-corrected chi connectivity index (χ1v) is 8.13. The van der Waals surface area contributed by atoms with Crippen molar-refractivity contribution in [1.82, 2.24) is 10.2 Å². The highest BCUT2D eigenvalue weighted by Crippen LogP contribution is 2.14. The quantitative estimate of drug-likeness (QED) is 0.789. The molecule has 1 heterocycles. The number of urea groups is 1. The van der Waals surface area contributed by atoms with Crippen LogP contribution in [0.15, 0.2) is 24.3 Å². The zero-order valence-corrected chi connectivity index (χ0v) is 14.2. The molecule has 1 aliphatic heterocycles. The summed E-state index contributed by atoms with van der Waals surface area (Å²) < 4.78 is 10.8. The van der Waals surface area contributed by atoms with Crippen molar-refractivity contribution >= 4 is 11.7 Å². The van der Waals surface area contributed by atoms with Crippen molar-refractivity contribution in [3.8, 4) is 5.75 Å². The summed E-state index contributed by atoms with van der Waals surface area (Å²) in [5, 5.41) is 5.69. The maximum Gasteiger partial charge on any atom is 0.319 e. The van der Waals surface area contributed by atoms with Crippen LogP contribution in [-0.2, 0) is 4.74 Å². The van der Waals surface area contributed by atoms with Gasteiger partial charge >= 0.3 is 6.03 Å². The number of methoxy groups -OCH3 is 1. The Morgan fingerprint density at radius 3 is 2.52 bits per heavy atom. The predicted molar refractivity (Wildman–Crippen MR) is 91.1 cm³/mol. The standard InChI is InChI=1S/C17H27N3O3/c1-13-11-20(12-14(2)23-13)10-4-9-18-17(21)19-15-5-7-16(22-3)8-6-15/h5-8,13-14H,4,9-12H2,1-3H3,(H2,18,19,21). The summed E-state index contributed by atoms with van der Waals surface area (Å²) in [7, 11) is 1.62. The van der Waals surface area contributed by atoms with Gasteiger partial charge in [-0.1, -0.05) is 0 Å². The Bertz CT molecular complexity index is 482. The molecule has 0 aliphatic carbocycles. The Morgan fingerprint density at radius 2 is 1.91 bits per heavy atom. The van der Waals surface area contributed by atoms with Crippen molar-refractivity contribution in [1.29, 1.82) is 0 Å². The molecule has 0 bridgehead atoms. The highest BCUT2D eigenvalue weighted by molar-refractivity contribution is 5.89. The van der Waals surface area contributed by atoms with E-state index in [1.54, 1.807) is 7.11 Å². The monoisotopic (exact) mass is 321 g/mol. The lowest BCUT2D eigenvalue weighted by Gasteiger charge is -2.35. The fraction of sp³-hybridized carbons (Fsp3) is 0.588. The predicted octanol–water partition coefficient (Wildman–Crippen LogP) is 2.32. The number of hydrogen-bond donors (Lipinski definition) is 2. The van der Waals surface area contributed by atoms with E-state index in [4.69, 9.17) is 9.47 Å². The van der Waals surface area contributed by atoms with E-state index in [1.165, 1.54) is 0 Å². The van der Waals surface area contributed by atoms with Gasteiger partial charge in [-0.05, 0) is 44.5 Å². The highest BCUT2D eigenvalue weighted by atomic mass is 16.5. The van der Waals surface area contributed by atoms with Crippen molar-refractivity contribution in [2.24, 2.45) is 0 Å². The molecule has 6 heteroatoms. The molecule has 1 fully saturated rings. The van der Waals surface area contributed by atoms with Crippen LogP contribution in [0, 0.1) is 0 Å². The van der Waals surface area contributed by atoms with Gasteiger partial charge < -0.3 is 20.1 Å². The van der Waals surface area contributed by atoms with Crippen molar-refractivity contribution in [3.05, 3.63) is 24.3 Å². The topological polar surface area (TPSA) is 62.8 Å². The fourth-order valence-electron chi connectivity index (χ4n) is 2.82. The maximum absolute atomic E-state index is 11.8. The van der Waals surface area contributed by atoms with Gasteiger partial charge in [-0.2, -0.15) is 0 Å². The summed E-state index contributed by atoms with van der Waals surface area (Å²) >= 11 is 0. The Labute approximate surface area is 138 Å². The average molecular weight is 321 g/mol. The molecule has 1 aromatic rings. The summed E-state index contributed by atoms with van der Waals surface area (Å²) in [5.41, 5.74) is 0.749. The van der Waals surface area contributed by atoms with Crippen LogP contribution in [0.4, 0.5) is 10.5 Å². The van der Waals surface area contributed by atoms with Crippen LogP contribution in [0.25, 0.3) is 0 Å². The number of hydrogen-bond acceptors (Lipinski definition) is 4. The molecule has 2 unspecified atom stereocenters. The lowest BCUT2D eigenvalue weighted by molar-refractivity contribution is -0.0679. The zero-order chi connectivity index (χ0) is 16.7. The van der Waals surface area contributed by atoms with Crippen molar-refractivity contribution in [3.63, 3.8) is 0 Å². The van der Waals surface area contributed by atoms with Crippen LogP contribution in [0.3, 0.4) is 0 Å². The Morgan fingerprint density at radius 1 is 1.26 bits per heavy atom. The molecular weight excluding hydrogens is 294 g/mol. The highest BCUT2D eigenvalue weighted by Gasteiger charge is 2.21. The minimum atomic E-state index is -0.182. The number of ether oxygens (including phenoxy) is 2. The van der Waals surface area contributed by atoms with Gasteiger partial charge in [0.15, 0.2) is 0 Å². The average Bonchev–Trinajstić information content (AvgIpc) is 2.51. The van der Waals surface area contributed by atoms with Gasteiger partial charge in [-0.15, -0.1) is 0 Å². The van der Waals surface area contributed by atoms with Gasteiger partial charge in [-0.25, -0.2) is 4.79 Å². The van der Waals surface area contributed by atoms with Crippen LogP contribution < -0.4 is 15.4 Å².